The van der Waals surface area contributed by atoms with E-state index >= 15 is 0 Å². The van der Waals surface area contributed by atoms with E-state index in [-0.39, 0.29) is 75.7 Å². The number of nitrogens with one attached hydrogen (secondary N) is 3. The molecule has 0 aromatic carbocycles. The maximum atomic E-state index is 14.6. The monoisotopic (exact) mass is 898 g/mol. The fourth-order valence-corrected chi connectivity index (χ4v) is 7.37. The zero-order chi connectivity index (χ0) is 38.9. The Morgan fingerprint density at radius 1 is 0.796 bits per heavy atom. The van der Waals surface area contributed by atoms with E-state index in [2.05, 4.69) is 35.2 Å². The number of hydrogen-bond acceptors (Lipinski definition) is 13. The standard InChI is InChI=1S/C17H19Cl2F2N5O3S.C12H11Cl2F2N5OS.ClH/c1-16(2,3)29-15(28)26-5-4-25(6-17(20,21)7-26)13-9(18)14(27)24-12(23-13)10-11(19)22-8-30-10;13-6-10(21-2-1-17-3-12(15,16)4-21)19-9(20-11(6)22)7-8(14)18-5-23-7;/h8H,4-7H2,1-3H3,(H,23,24,27);5,17H,1-4H2,(H,19,20,22);1H. The van der Waals surface area contributed by atoms with Gasteiger partial charge in [0, 0.05) is 26.2 Å². The van der Waals surface area contributed by atoms with Crippen LogP contribution >= 0.6 is 81.5 Å². The molecule has 0 atom stereocenters. The van der Waals surface area contributed by atoms with Gasteiger partial charge < -0.3 is 34.7 Å². The van der Waals surface area contributed by atoms with Crippen LogP contribution in [0.2, 0.25) is 20.4 Å². The highest BCUT2D eigenvalue weighted by atomic mass is 35.5. The number of amides is 1. The number of ether oxygens (including phenoxy) is 1. The smallest absolute Gasteiger partial charge is 0.410 e. The van der Waals surface area contributed by atoms with Gasteiger partial charge in [-0.2, -0.15) is 0 Å². The highest BCUT2D eigenvalue weighted by molar-refractivity contribution is 7.14. The molecule has 4 aromatic rings. The SMILES string of the molecule is CC(C)(C)OC(=O)N1CCN(c2nc(-c3scnc3Cl)[nH]c(=O)c2Cl)CC(F)(F)C1.Cl.O=c1[nH]c(-c2scnc2Cl)nc(N2CCNCC(F)(F)C2)c1Cl. The molecule has 4 aromatic heterocycles. The molecule has 6 heterocycles. The molecule has 0 bridgehead atoms. The van der Waals surface area contributed by atoms with Gasteiger partial charge in [-0.05, 0) is 20.8 Å². The van der Waals surface area contributed by atoms with Crippen molar-refractivity contribution >= 4 is 99.2 Å². The first-order valence-electron chi connectivity index (χ1n) is 15.5. The number of H-pyrrole nitrogens is 2. The van der Waals surface area contributed by atoms with Gasteiger partial charge in [-0.15, -0.1) is 35.1 Å². The fourth-order valence-electron chi connectivity index (χ4n) is 5.05. The van der Waals surface area contributed by atoms with Crippen molar-refractivity contribution in [1.29, 1.82) is 0 Å². The molecule has 1 amide bonds. The first-order valence-corrected chi connectivity index (χ1v) is 18.7. The van der Waals surface area contributed by atoms with Crippen molar-refractivity contribution in [3.63, 3.8) is 0 Å². The van der Waals surface area contributed by atoms with Gasteiger partial charge in [0.1, 0.15) is 25.4 Å². The van der Waals surface area contributed by atoms with E-state index in [9.17, 15) is 31.9 Å². The topological polar surface area (TPSA) is 165 Å². The van der Waals surface area contributed by atoms with Crippen molar-refractivity contribution in [1.82, 2.24) is 40.1 Å². The highest BCUT2D eigenvalue weighted by Gasteiger charge is 2.41. The molecular formula is C29H31Cl5F4N10O4S2. The summed E-state index contributed by atoms with van der Waals surface area (Å²) in [5, 5.41) is 2.38. The average molecular weight is 901 g/mol. The average Bonchev–Trinajstić information content (AvgIpc) is 3.59. The molecule has 3 N–H and O–H groups in total. The van der Waals surface area contributed by atoms with E-state index in [1.807, 2.05) is 0 Å². The van der Waals surface area contributed by atoms with Gasteiger partial charge in [-0.25, -0.2) is 42.3 Å². The Labute approximate surface area is 338 Å². The summed E-state index contributed by atoms with van der Waals surface area (Å²) < 4.78 is 62.0. The van der Waals surface area contributed by atoms with E-state index in [0.717, 1.165) is 16.2 Å². The van der Waals surface area contributed by atoms with Gasteiger partial charge in [-0.3, -0.25) is 9.59 Å². The molecule has 0 unspecified atom stereocenters. The number of carbonyl (C=O) groups excluding carboxylic acids is 1. The summed E-state index contributed by atoms with van der Waals surface area (Å²) in [4.78, 5) is 62.1. The number of aromatic amines is 2. The summed E-state index contributed by atoms with van der Waals surface area (Å²) in [7, 11) is 0. The molecule has 0 radical (unpaired) electrons. The third-order valence-corrected chi connectivity index (χ3v) is 10.4. The van der Waals surface area contributed by atoms with Crippen LogP contribution in [0.4, 0.5) is 34.0 Å². The van der Waals surface area contributed by atoms with Crippen molar-refractivity contribution < 1.29 is 27.1 Å². The first-order chi connectivity index (χ1) is 24.7. The Kier molecular flexibility index (Phi) is 14.1. The largest absolute Gasteiger partial charge is 0.444 e. The van der Waals surface area contributed by atoms with Gasteiger partial charge in [0.25, 0.3) is 23.0 Å². The number of halogens is 9. The van der Waals surface area contributed by atoms with Crippen LogP contribution in [0, 0.1) is 0 Å². The Bertz CT molecular complexity index is 2080. The number of alkyl halides is 4. The Hall–Kier alpha value is -2.98. The maximum absolute atomic E-state index is 14.6. The minimum Gasteiger partial charge on any atom is -0.444 e. The van der Waals surface area contributed by atoms with E-state index < -0.39 is 60.8 Å². The lowest BCUT2D eigenvalue weighted by atomic mass is 10.2. The summed E-state index contributed by atoms with van der Waals surface area (Å²) in [6.45, 7) is 2.83. The minimum atomic E-state index is -3.29. The van der Waals surface area contributed by atoms with E-state index in [4.69, 9.17) is 51.1 Å². The van der Waals surface area contributed by atoms with Crippen molar-refractivity contribution in [3.8, 4) is 21.4 Å². The number of anilines is 2. The second-order valence-corrected chi connectivity index (χ2v) is 15.9. The second-order valence-electron chi connectivity index (χ2n) is 12.7. The molecule has 2 fully saturated rings. The molecule has 25 heteroatoms. The van der Waals surface area contributed by atoms with Crippen molar-refractivity contribution in [2.24, 2.45) is 0 Å². The number of thiazole rings is 2. The summed E-state index contributed by atoms with van der Waals surface area (Å²) in [5.74, 6) is -6.12. The van der Waals surface area contributed by atoms with Crippen LogP contribution < -0.4 is 26.2 Å². The molecule has 0 aliphatic carbocycles. The van der Waals surface area contributed by atoms with Crippen LogP contribution in [0.3, 0.4) is 0 Å². The third-order valence-electron chi connectivity index (χ3n) is 7.27. The van der Waals surface area contributed by atoms with Crippen molar-refractivity contribution in [2.75, 3.05) is 62.2 Å². The third kappa shape index (κ3) is 10.9. The molecule has 14 nitrogen and oxygen atoms in total. The van der Waals surface area contributed by atoms with E-state index in [1.54, 1.807) is 20.8 Å². The quantitative estimate of drug-likeness (QED) is 0.190. The zero-order valence-electron chi connectivity index (χ0n) is 28.3. The molecule has 2 aliphatic heterocycles. The summed E-state index contributed by atoms with van der Waals surface area (Å²) in [5.41, 5.74) is 0.828. The van der Waals surface area contributed by atoms with Crippen LogP contribution in [-0.2, 0) is 4.74 Å². The van der Waals surface area contributed by atoms with Crippen molar-refractivity contribution in [3.05, 3.63) is 52.1 Å². The van der Waals surface area contributed by atoms with Crippen molar-refractivity contribution in [2.45, 2.75) is 38.2 Å². The summed E-state index contributed by atoms with van der Waals surface area (Å²) in [6, 6.07) is 0. The van der Waals surface area contributed by atoms with Crippen LogP contribution in [0.15, 0.2) is 20.6 Å². The predicted octanol–water partition coefficient (Wildman–Crippen LogP) is 6.56. The molecule has 0 spiro atoms. The first kappa shape index (κ1) is 43.7. The van der Waals surface area contributed by atoms with Gasteiger partial charge in [-0.1, -0.05) is 46.4 Å². The van der Waals surface area contributed by atoms with Gasteiger partial charge in [0.2, 0.25) is 0 Å². The maximum Gasteiger partial charge on any atom is 0.410 e. The predicted molar refractivity (Wildman–Crippen MR) is 204 cm³/mol. The van der Waals surface area contributed by atoms with Crippen LogP contribution in [-0.4, -0.2) is 111 Å². The minimum absolute atomic E-state index is 0. The van der Waals surface area contributed by atoms with Crippen LogP contribution in [0.1, 0.15) is 20.8 Å². The second kappa shape index (κ2) is 17.4. The number of hydrogen-bond donors (Lipinski definition) is 3. The van der Waals surface area contributed by atoms with E-state index in [1.165, 1.54) is 32.2 Å². The van der Waals surface area contributed by atoms with Crippen LogP contribution in [0.25, 0.3) is 21.4 Å². The summed E-state index contributed by atoms with van der Waals surface area (Å²) >= 11 is 26.3. The molecule has 296 valence electrons. The fraction of sp³-hybridized carbons (Fsp3) is 0.483. The summed E-state index contributed by atoms with van der Waals surface area (Å²) in [6.07, 6.45) is -0.842. The van der Waals surface area contributed by atoms with Gasteiger partial charge in [0.15, 0.2) is 33.6 Å². The van der Waals surface area contributed by atoms with Crippen LogP contribution in [0.5, 0.6) is 0 Å². The molecule has 6 rings (SSSR count). The lowest BCUT2D eigenvalue weighted by Crippen LogP contribution is -2.44. The zero-order valence-corrected chi connectivity index (χ0v) is 33.8. The Morgan fingerprint density at radius 3 is 1.74 bits per heavy atom. The Balaban J connectivity index is 0.000000244. The van der Waals surface area contributed by atoms with Gasteiger partial charge >= 0.3 is 6.09 Å². The Morgan fingerprint density at radius 2 is 1.28 bits per heavy atom. The molecule has 2 aliphatic rings. The number of carbonyl (C=O) groups is 1. The lowest BCUT2D eigenvalue weighted by molar-refractivity contribution is -0.0285. The molecule has 54 heavy (non-hydrogen) atoms. The normalized spacial score (nSPS) is 17.1. The van der Waals surface area contributed by atoms with Gasteiger partial charge in [0.05, 0.1) is 37.2 Å². The number of aromatic nitrogens is 6. The van der Waals surface area contributed by atoms with E-state index in [0.29, 0.717) is 16.3 Å². The number of nitrogens with zero attached hydrogens (tertiary/aromatic N) is 7. The highest BCUT2D eigenvalue weighted by Crippen LogP contribution is 2.34. The molecular weight excluding hydrogens is 870 g/mol. The molecule has 0 saturated carbocycles. The lowest BCUT2D eigenvalue weighted by Gasteiger charge is -2.27. The number of rotatable bonds is 4. The molecule has 2 saturated heterocycles.